The number of ether oxygens (including phenoxy) is 1. The minimum atomic E-state index is -0.369. The highest BCUT2D eigenvalue weighted by Gasteiger charge is 2.06. The van der Waals surface area contributed by atoms with Crippen molar-refractivity contribution >= 4 is 27.6 Å². The van der Waals surface area contributed by atoms with Crippen LogP contribution in [-0.2, 0) is 6.54 Å². The molecule has 2 aromatic carbocycles. The van der Waals surface area contributed by atoms with Crippen molar-refractivity contribution in [2.45, 2.75) is 6.54 Å². The molecule has 6 heteroatoms. The number of carbonyl (C=O) groups excluding carboxylic acids is 1. The predicted molar refractivity (Wildman–Crippen MR) is 83.0 cm³/mol. The number of methoxy groups -OCH3 is 1. The van der Waals surface area contributed by atoms with Crippen molar-refractivity contribution in [3.05, 3.63) is 58.3 Å². The van der Waals surface area contributed by atoms with Crippen LogP contribution in [0, 0.1) is 5.82 Å². The molecule has 2 aromatic rings. The second-order valence-corrected chi connectivity index (χ2v) is 5.13. The number of nitrogens with one attached hydrogen (secondary N) is 2. The molecule has 0 aliphatic carbocycles. The van der Waals surface area contributed by atoms with Crippen molar-refractivity contribution in [3.63, 3.8) is 0 Å². The lowest BCUT2D eigenvalue weighted by Crippen LogP contribution is -2.28. The van der Waals surface area contributed by atoms with Crippen molar-refractivity contribution < 1.29 is 13.9 Å². The van der Waals surface area contributed by atoms with Gasteiger partial charge in [0.2, 0.25) is 0 Å². The van der Waals surface area contributed by atoms with Gasteiger partial charge in [0.15, 0.2) is 0 Å². The van der Waals surface area contributed by atoms with Gasteiger partial charge >= 0.3 is 6.03 Å². The van der Waals surface area contributed by atoms with Crippen LogP contribution in [0.5, 0.6) is 5.75 Å². The highest BCUT2D eigenvalue weighted by atomic mass is 79.9. The number of urea groups is 1. The summed E-state index contributed by atoms with van der Waals surface area (Å²) in [6, 6.07) is 11.1. The Morgan fingerprint density at radius 3 is 2.57 bits per heavy atom. The average molecular weight is 353 g/mol. The lowest BCUT2D eigenvalue weighted by atomic mass is 10.2. The summed E-state index contributed by atoms with van der Waals surface area (Å²) in [6.07, 6.45) is 0. The number of hydrogen-bond donors (Lipinski definition) is 2. The number of rotatable bonds is 4. The van der Waals surface area contributed by atoms with E-state index in [2.05, 4.69) is 26.6 Å². The quantitative estimate of drug-likeness (QED) is 0.876. The summed E-state index contributed by atoms with van der Waals surface area (Å²) in [5, 5.41) is 5.36. The normalized spacial score (nSPS) is 10.0. The molecule has 0 fully saturated rings. The van der Waals surface area contributed by atoms with E-state index in [0.29, 0.717) is 16.7 Å². The molecule has 2 N–H and O–H groups in total. The van der Waals surface area contributed by atoms with Crippen LogP contribution < -0.4 is 15.4 Å². The Hall–Kier alpha value is -2.08. The summed E-state index contributed by atoms with van der Waals surface area (Å²) in [5.74, 6) is 0.393. The summed E-state index contributed by atoms with van der Waals surface area (Å²) in [6.45, 7) is 0.384. The third kappa shape index (κ3) is 4.46. The lowest BCUT2D eigenvalue weighted by Gasteiger charge is -2.09. The summed E-state index contributed by atoms with van der Waals surface area (Å²) < 4.78 is 18.5. The van der Waals surface area contributed by atoms with Crippen molar-refractivity contribution in [1.29, 1.82) is 0 Å². The van der Waals surface area contributed by atoms with Gasteiger partial charge in [0.1, 0.15) is 11.6 Å². The highest BCUT2D eigenvalue weighted by molar-refractivity contribution is 9.10. The molecular formula is C15H14BrFN2O2. The molecule has 0 aliphatic rings. The van der Waals surface area contributed by atoms with Crippen molar-refractivity contribution in [2.75, 3.05) is 12.4 Å². The van der Waals surface area contributed by atoms with E-state index in [1.165, 1.54) is 18.2 Å². The Morgan fingerprint density at radius 2 is 1.95 bits per heavy atom. The first kappa shape index (κ1) is 15.3. The highest BCUT2D eigenvalue weighted by Crippen LogP contribution is 2.22. The van der Waals surface area contributed by atoms with Gasteiger partial charge in [-0.25, -0.2) is 9.18 Å². The van der Waals surface area contributed by atoms with E-state index in [-0.39, 0.29) is 11.8 Å². The van der Waals surface area contributed by atoms with Gasteiger partial charge in [0.05, 0.1) is 12.8 Å². The van der Waals surface area contributed by atoms with Gasteiger partial charge in [0, 0.05) is 11.0 Å². The van der Waals surface area contributed by atoms with Gasteiger partial charge in [-0.3, -0.25) is 0 Å². The van der Waals surface area contributed by atoms with Crippen LogP contribution in [0.15, 0.2) is 46.9 Å². The van der Waals surface area contributed by atoms with Crippen LogP contribution in [0.1, 0.15) is 5.56 Å². The third-order valence-corrected chi connectivity index (χ3v) is 3.45. The van der Waals surface area contributed by atoms with E-state index >= 15 is 0 Å². The molecule has 0 aliphatic heterocycles. The second-order valence-electron chi connectivity index (χ2n) is 4.28. The third-order valence-electron chi connectivity index (χ3n) is 2.79. The van der Waals surface area contributed by atoms with Crippen molar-refractivity contribution in [3.8, 4) is 5.75 Å². The Labute approximate surface area is 130 Å². The Kier molecular flexibility index (Phi) is 5.16. The fourth-order valence-electron chi connectivity index (χ4n) is 1.68. The smallest absolute Gasteiger partial charge is 0.319 e. The molecule has 0 heterocycles. The zero-order chi connectivity index (χ0) is 15.2. The summed E-state index contributed by atoms with van der Waals surface area (Å²) in [7, 11) is 1.60. The van der Waals surface area contributed by atoms with E-state index in [1.54, 1.807) is 7.11 Å². The Bertz CT molecular complexity index is 632. The van der Waals surface area contributed by atoms with E-state index in [1.807, 2.05) is 24.3 Å². The van der Waals surface area contributed by atoms with Gasteiger partial charge in [0.25, 0.3) is 0 Å². The average Bonchev–Trinajstić information content (AvgIpc) is 2.48. The van der Waals surface area contributed by atoms with Crippen molar-refractivity contribution in [2.24, 2.45) is 0 Å². The molecule has 0 saturated heterocycles. The molecular weight excluding hydrogens is 339 g/mol. The minimum Gasteiger partial charge on any atom is -0.497 e. The van der Waals surface area contributed by atoms with E-state index in [9.17, 15) is 9.18 Å². The Balaban J connectivity index is 1.89. The van der Waals surface area contributed by atoms with E-state index in [0.717, 1.165) is 11.3 Å². The molecule has 0 saturated carbocycles. The minimum absolute atomic E-state index is 0.363. The number of halogens is 2. The number of hydrogen-bond acceptors (Lipinski definition) is 2. The molecule has 0 aromatic heterocycles. The SMILES string of the molecule is COc1ccc(CNC(=O)Nc2ccc(F)cc2Br)cc1. The topological polar surface area (TPSA) is 50.4 Å². The molecule has 2 rings (SSSR count). The monoisotopic (exact) mass is 352 g/mol. The number of amides is 2. The number of anilines is 1. The maximum Gasteiger partial charge on any atom is 0.319 e. The zero-order valence-electron chi connectivity index (χ0n) is 11.3. The maximum absolute atomic E-state index is 12.9. The van der Waals surface area contributed by atoms with Gasteiger partial charge < -0.3 is 15.4 Å². The van der Waals surface area contributed by atoms with Crippen LogP contribution in [-0.4, -0.2) is 13.1 Å². The molecule has 0 spiro atoms. The van der Waals surface area contributed by atoms with Crippen LogP contribution in [0.25, 0.3) is 0 Å². The molecule has 110 valence electrons. The zero-order valence-corrected chi connectivity index (χ0v) is 12.9. The summed E-state index contributed by atoms with van der Waals surface area (Å²) >= 11 is 3.19. The largest absolute Gasteiger partial charge is 0.497 e. The van der Waals surface area contributed by atoms with Gasteiger partial charge in [-0.05, 0) is 51.8 Å². The molecule has 2 amide bonds. The van der Waals surface area contributed by atoms with Crippen LogP contribution >= 0.6 is 15.9 Å². The molecule has 4 nitrogen and oxygen atoms in total. The molecule has 0 bridgehead atoms. The van der Waals surface area contributed by atoms with Crippen LogP contribution in [0.3, 0.4) is 0 Å². The lowest BCUT2D eigenvalue weighted by molar-refractivity contribution is 0.251. The fourth-order valence-corrected chi connectivity index (χ4v) is 2.13. The molecule has 0 radical (unpaired) electrons. The molecule has 21 heavy (non-hydrogen) atoms. The number of carbonyl (C=O) groups is 1. The maximum atomic E-state index is 12.9. The first-order valence-corrected chi connectivity index (χ1v) is 7.00. The fraction of sp³-hybridized carbons (Fsp3) is 0.133. The van der Waals surface area contributed by atoms with Crippen molar-refractivity contribution in [1.82, 2.24) is 5.32 Å². The molecule has 0 unspecified atom stereocenters. The molecule has 0 atom stereocenters. The van der Waals surface area contributed by atoms with Gasteiger partial charge in [-0.1, -0.05) is 12.1 Å². The van der Waals surface area contributed by atoms with E-state index in [4.69, 9.17) is 4.74 Å². The summed E-state index contributed by atoms with van der Waals surface area (Å²) in [5.41, 5.74) is 1.45. The standard InChI is InChI=1S/C15H14BrFN2O2/c1-21-12-5-2-10(3-6-12)9-18-15(20)19-14-7-4-11(17)8-13(14)16/h2-8H,9H2,1H3,(H2,18,19,20). The van der Waals surface area contributed by atoms with Crippen LogP contribution in [0.2, 0.25) is 0 Å². The Morgan fingerprint density at radius 1 is 1.24 bits per heavy atom. The first-order chi connectivity index (χ1) is 10.1. The first-order valence-electron chi connectivity index (χ1n) is 6.21. The van der Waals surface area contributed by atoms with Gasteiger partial charge in [-0.2, -0.15) is 0 Å². The van der Waals surface area contributed by atoms with E-state index < -0.39 is 0 Å². The summed E-state index contributed by atoms with van der Waals surface area (Å²) in [4.78, 5) is 11.8. The van der Waals surface area contributed by atoms with Gasteiger partial charge in [-0.15, -0.1) is 0 Å². The van der Waals surface area contributed by atoms with Crippen LogP contribution in [0.4, 0.5) is 14.9 Å². The number of benzene rings is 2. The predicted octanol–water partition coefficient (Wildman–Crippen LogP) is 3.92. The second kappa shape index (κ2) is 7.08.